The third-order valence-corrected chi connectivity index (χ3v) is 3.25. The highest BCUT2D eigenvalue weighted by Gasteiger charge is 2.24. The number of carbonyl (C=O) groups is 1. The van der Waals surface area contributed by atoms with Crippen LogP contribution < -0.4 is 0 Å². The van der Waals surface area contributed by atoms with E-state index in [1.807, 2.05) is 60.7 Å². The van der Waals surface area contributed by atoms with Crippen molar-refractivity contribution in [2.24, 2.45) is 0 Å². The third kappa shape index (κ3) is 3.80. The molecule has 106 valence electrons. The molecule has 0 spiro atoms. The number of hydrogen-bond donors (Lipinski definition) is 0. The maximum absolute atomic E-state index is 12.0. The van der Waals surface area contributed by atoms with Crippen LogP contribution in [0.25, 0.3) is 5.57 Å². The average Bonchev–Trinajstić information content (AvgIpc) is 3.37. The molecule has 0 amide bonds. The van der Waals surface area contributed by atoms with Crippen LogP contribution in [0.4, 0.5) is 0 Å². The molecule has 1 aliphatic heterocycles. The summed E-state index contributed by atoms with van der Waals surface area (Å²) in [6.07, 6.45) is 1.63. The Morgan fingerprint density at radius 1 is 1.05 bits per heavy atom. The van der Waals surface area contributed by atoms with E-state index in [0.717, 1.165) is 16.7 Å². The van der Waals surface area contributed by atoms with Gasteiger partial charge in [0, 0.05) is 6.08 Å². The van der Waals surface area contributed by atoms with E-state index in [1.165, 1.54) is 0 Å². The van der Waals surface area contributed by atoms with Gasteiger partial charge in [-0.2, -0.15) is 0 Å². The maximum Gasteiger partial charge on any atom is 0.331 e. The number of hydrogen-bond acceptors (Lipinski definition) is 3. The zero-order valence-corrected chi connectivity index (χ0v) is 11.6. The minimum atomic E-state index is -0.340. The Bertz CT molecular complexity index is 587. The summed E-state index contributed by atoms with van der Waals surface area (Å²) in [6, 6.07) is 19.7. The molecular weight excluding hydrogens is 264 g/mol. The summed E-state index contributed by atoms with van der Waals surface area (Å²) in [5, 5.41) is 0. The molecular formula is C18H16O3. The lowest BCUT2D eigenvalue weighted by molar-refractivity contribution is -0.138. The normalized spacial score (nSPS) is 16.1. The molecule has 2 aromatic rings. The Hall–Kier alpha value is -2.39. The summed E-state index contributed by atoms with van der Waals surface area (Å²) in [5.74, 6) is -0.340. The first-order valence-electron chi connectivity index (χ1n) is 6.94. The van der Waals surface area contributed by atoms with Gasteiger partial charge in [-0.25, -0.2) is 4.79 Å². The minimum absolute atomic E-state index is 0.0826. The average molecular weight is 280 g/mol. The zero-order valence-electron chi connectivity index (χ0n) is 11.6. The van der Waals surface area contributed by atoms with Gasteiger partial charge in [0.05, 0.1) is 6.61 Å². The summed E-state index contributed by atoms with van der Waals surface area (Å²) in [6.45, 7) is 1.01. The second kappa shape index (κ2) is 6.37. The van der Waals surface area contributed by atoms with Gasteiger partial charge in [0.1, 0.15) is 12.7 Å². The van der Waals surface area contributed by atoms with E-state index in [0.29, 0.717) is 13.2 Å². The first-order valence-corrected chi connectivity index (χ1v) is 6.94. The first kappa shape index (κ1) is 13.6. The number of rotatable bonds is 5. The Morgan fingerprint density at radius 2 is 1.57 bits per heavy atom. The smallest absolute Gasteiger partial charge is 0.331 e. The predicted octanol–water partition coefficient (Wildman–Crippen LogP) is 3.06. The Kier molecular flexibility index (Phi) is 4.12. The van der Waals surface area contributed by atoms with Crippen molar-refractivity contribution in [3.63, 3.8) is 0 Å². The summed E-state index contributed by atoms with van der Waals surface area (Å²) in [7, 11) is 0. The molecule has 0 aliphatic carbocycles. The molecule has 1 heterocycles. The van der Waals surface area contributed by atoms with Gasteiger partial charge in [-0.05, 0) is 16.7 Å². The molecule has 0 saturated carbocycles. The molecule has 0 radical (unpaired) electrons. The van der Waals surface area contributed by atoms with Gasteiger partial charge in [-0.1, -0.05) is 60.7 Å². The lowest BCUT2D eigenvalue weighted by Crippen LogP contribution is -2.08. The predicted molar refractivity (Wildman–Crippen MR) is 80.7 cm³/mol. The SMILES string of the molecule is O=C(C=C(c1ccccc1)c1ccccc1)OCC1CO1. The first-order chi connectivity index (χ1) is 10.3. The van der Waals surface area contributed by atoms with Crippen molar-refractivity contribution in [2.75, 3.05) is 13.2 Å². The Morgan fingerprint density at radius 3 is 2.05 bits per heavy atom. The number of ether oxygens (including phenoxy) is 2. The third-order valence-electron chi connectivity index (χ3n) is 3.25. The quantitative estimate of drug-likeness (QED) is 0.480. The molecule has 1 fully saturated rings. The molecule has 1 saturated heterocycles. The summed E-state index contributed by atoms with van der Waals surface area (Å²) in [4.78, 5) is 12.0. The van der Waals surface area contributed by atoms with Crippen LogP contribution in [0.15, 0.2) is 66.7 Å². The molecule has 2 aromatic carbocycles. The van der Waals surface area contributed by atoms with Gasteiger partial charge >= 0.3 is 5.97 Å². The van der Waals surface area contributed by atoms with Gasteiger partial charge in [-0.15, -0.1) is 0 Å². The molecule has 0 aromatic heterocycles. The van der Waals surface area contributed by atoms with Crippen LogP contribution in [-0.2, 0) is 14.3 Å². The molecule has 3 nitrogen and oxygen atoms in total. The van der Waals surface area contributed by atoms with E-state index in [9.17, 15) is 4.79 Å². The van der Waals surface area contributed by atoms with Crippen LogP contribution in [-0.4, -0.2) is 25.3 Å². The van der Waals surface area contributed by atoms with Gasteiger partial charge in [-0.3, -0.25) is 0 Å². The maximum atomic E-state index is 12.0. The topological polar surface area (TPSA) is 38.8 Å². The highest BCUT2D eigenvalue weighted by Crippen LogP contribution is 2.23. The van der Waals surface area contributed by atoms with Crippen molar-refractivity contribution in [3.8, 4) is 0 Å². The molecule has 1 atom stereocenters. The Labute approximate surface area is 123 Å². The minimum Gasteiger partial charge on any atom is -0.460 e. The van der Waals surface area contributed by atoms with E-state index < -0.39 is 0 Å². The molecule has 0 bridgehead atoms. The van der Waals surface area contributed by atoms with E-state index in [-0.39, 0.29) is 12.1 Å². The van der Waals surface area contributed by atoms with E-state index in [2.05, 4.69) is 0 Å². The number of benzene rings is 2. The van der Waals surface area contributed by atoms with Crippen LogP contribution in [0.2, 0.25) is 0 Å². The van der Waals surface area contributed by atoms with E-state index in [4.69, 9.17) is 9.47 Å². The van der Waals surface area contributed by atoms with Crippen LogP contribution in [0.5, 0.6) is 0 Å². The lowest BCUT2D eigenvalue weighted by atomic mass is 9.98. The highest BCUT2D eigenvalue weighted by atomic mass is 16.6. The van der Waals surface area contributed by atoms with E-state index >= 15 is 0 Å². The molecule has 1 unspecified atom stereocenters. The summed E-state index contributed by atoms with van der Waals surface area (Å²) < 4.78 is 10.2. The van der Waals surface area contributed by atoms with Crippen molar-refractivity contribution >= 4 is 11.5 Å². The highest BCUT2D eigenvalue weighted by molar-refractivity contribution is 5.96. The largest absolute Gasteiger partial charge is 0.460 e. The van der Waals surface area contributed by atoms with Crippen molar-refractivity contribution in [3.05, 3.63) is 77.9 Å². The second-order valence-corrected chi connectivity index (χ2v) is 4.88. The molecule has 3 rings (SSSR count). The fourth-order valence-corrected chi connectivity index (χ4v) is 2.07. The zero-order chi connectivity index (χ0) is 14.5. The van der Waals surface area contributed by atoms with Crippen molar-refractivity contribution < 1.29 is 14.3 Å². The van der Waals surface area contributed by atoms with Crippen molar-refractivity contribution in [1.82, 2.24) is 0 Å². The van der Waals surface area contributed by atoms with Gasteiger partial charge in [0.25, 0.3) is 0 Å². The van der Waals surface area contributed by atoms with E-state index in [1.54, 1.807) is 6.08 Å². The summed E-state index contributed by atoms with van der Waals surface area (Å²) >= 11 is 0. The van der Waals surface area contributed by atoms with Crippen LogP contribution in [0, 0.1) is 0 Å². The number of carbonyl (C=O) groups excluding carboxylic acids is 1. The van der Waals surface area contributed by atoms with Crippen LogP contribution in [0.1, 0.15) is 11.1 Å². The monoisotopic (exact) mass is 280 g/mol. The second-order valence-electron chi connectivity index (χ2n) is 4.88. The van der Waals surface area contributed by atoms with Crippen molar-refractivity contribution in [1.29, 1.82) is 0 Å². The molecule has 21 heavy (non-hydrogen) atoms. The fraction of sp³-hybridized carbons (Fsp3) is 0.167. The Balaban J connectivity index is 1.86. The lowest BCUT2D eigenvalue weighted by Gasteiger charge is -2.08. The van der Waals surface area contributed by atoms with Gasteiger partial charge in [0.15, 0.2) is 0 Å². The number of epoxide rings is 1. The standard InChI is InChI=1S/C18H16O3/c19-18(21-13-16-12-20-16)11-17(14-7-3-1-4-8-14)15-9-5-2-6-10-15/h1-11,16H,12-13H2. The number of esters is 1. The van der Waals surface area contributed by atoms with Gasteiger partial charge in [0.2, 0.25) is 0 Å². The molecule has 1 aliphatic rings. The molecule has 3 heteroatoms. The van der Waals surface area contributed by atoms with Crippen LogP contribution >= 0.6 is 0 Å². The summed E-state index contributed by atoms with van der Waals surface area (Å²) in [5.41, 5.74) is 2.84. The molecule has 0 N–H and O–H groups in total. The fourth-order valence-electron chi connectivity index (χ4n) is 2.07. The van der Waals surface area contributed by atoms with Crippen LogP contribution in [0.3, 0.4) is 0 Å². The van der Waals surface area contributed by atoms with Gasteiger partial charge < -0.3 is 9.47 Å². The van der Waals surface area contributed by atoms with Crippen molar-refractivity contribution in [2.45, 2.75) is 6.10 Å².